The van der Waals surface area contributed by atoms with Crippen LogP contribution in [0.5, 0.6) is 0 Å². The Morgan fingerprint density at radius 1 is 1.16 bits per heavy atom. The lowest BCUT2D eigenvalue weighted by Crippen LogP contribution is -2.38. The zero-order valence-electron chi connectivity index (χ0n) is 27.0. The Hall–Kier alpha value is -1.62. The Morgan fingerprint density at radius 2 is 1.98 bits per heavy atom. The van der Waals surface area contributed by atoms with Crippen molar-refractivity contribution in [3.63, 3.8) is 0 Å². The fourth-order valence-electron chi connectivity index (χ4n) is 6.71. The first kappa shape index (κ1) is 33.7. The Bertz CT molecular complexity index is 1250. The average Bonchev–Trinajstić information content (AvgIpc) is 3.48. The van der Waals surface area contributed by atoms with Gasteiger partial charge in [0.1, 0.15) is 17.5 Å². The molecule has 4 unspecified atom stereocenters. The first-order valence-electron chi connectivity index (χ1n) is 16.7. The molecule has 0 amide bonds. The topological polar surface area (TPSA) is 72.9 Å². The summed E-state index contributed by atoms with van der Waals surface area (Å²) in [7, 11) is 5.93. The number of nitrogens with zero attached hydrogens (tertiary/aromatic N) is 2. The first-order valence-corrected chi connectivity index (χ1v) is 17.9. The molecule has 2 fully saturated rings. The number of rotatable bonds is 12. The summed E-state index contributed by atoms with van der Waals surface area (Å²) in [5, 5.41) is 4.52. The summed E-state index contributed by atoms with van der Waals surface area (Å²) in [6.45, 7) is 10.6. The molecular weight excluding hydrogens is 588 g/mol. The second-order valence-electron chi connectivity index (χ2n) is 13.8. The van der Waals surface area contributed by atoms with Crippen molar-refractivity contribution in [2.75, 3.05) is 38.2 Å². The molecule has 4 heterocycles. The number of aromatic nitrogens is 1. The number of likely N-dealkylation sites (tertiary alicyclic amines) is 1. The van der Waals surface area contributed by atoms with Gasteiger partial charge in [0, 0.05) is 32.0 Å². The minimum Gasteiger partial charge on any atom is -0.459 e. The Kier molecular flexibility index (Phi) is 12.1. The largest absolute Gasteiger partial charge is 0.459 e. The van der Waals surface area contributed by atoms with Crippen LogP contribution in [0.25, 0.3) is 0 Å². The SMILES string of the molecule is CC(C)(C)OC(=O)C(c1cc(P)ccc1COC1CCOCC1)N1CC[C@@H](C(P)CCCCc2ccc3c(n2)NCCC3)C1. The molecule has 1 N–H and O–H groups in total. The quantitative estimate of drug-likeness (QED) is 0.173. The van der Waals surface area contributed by atoms with E-state index in [2.05, 4.69) is 59.0 Å². The minimum absolute atomic E-state index is 0.173. The Morgan fingerprint density at radius 3 is 2.77 bits per heavy atom. The van der Waals surface area contributed by atoms with Crippen molar-refractivity contribution >= 4 is 35.6 Å². The molecule has 7 nitrogen and oxygen atoms in total. The molecule has 5 atom stereocenters. The van der Waals surface area contributed by atoms with Crippen molar-refractivity contribution in [2.24, 2.45) is 5.92 Å². The third-order valence-corrected chi connectivity index (χ3v) is 10.4. The van der Waals surface area contributed by atoms with Gasteiger partial charge in [0.05, 0.1) is 12.7 Å². The lowest BCUT2D eigenvalue weighted by atomic mass is 9.97. The number of ether oxygens (including phenoxy) is 3. The number of hydrogen-bond acceptors (Lipinski definition) is 7. The van der Waals surface area contributed by atoms with Crippen LogP contribution in [0.4, 0.5) is 5.82 Å². The van der Waals surface area contributed by atoms with Gasteiger partial charge in [-0.25, -0.2) is 9.78 Å². The average molecular weight is 642 g/mol. The standard InChI is InChI=1S/C35H53N3O4P2/c1-35(2,3)42-34(39)32(30-21-29(43)13-11-26(30)23-41-28-15-19-40-20-16-28)38-18-14-25(22-38)31(44)9-5-4-8-27-12-10-24-7-6-17-36-33(24)37-27/h10-13,21,25,28,31-32H,4-9,14-20,22-23,43-44H2,1-3H3,(H,36,37)/t25-,31?,32?/m1/s1. The van der Waals surface area contributed by atoms with E-state index >= 15 is 0 Å². The zero-order chi connectivity index (χ0) is 31.1. The lowest BCUT2D eigenvalue weighted by Gasteiger charge is -2.32. The van der Waals surface area contributed by atoms with E-state index in [1.54, 1.807) is 0 Å². The Labute approximate surface area is 269 Å². The molecule has 0 aliphatic carbocycles. The highest BCUT2D eigenvalue weighted by Crippen LogP contribution is 2.36. The van der Waals surface area contributed by atoms with Crippen LogP contribution in [-0.4, -0.2) is 66.1 Å². The summed E-state index contributed by atoms with van der Waals surface area (Å²) in [6, 6.07) is 10.4. The number of esters is 1. The van der Waals surface area contributed by atoms with Crippen LogP contribution in [0.15, 0.2) is 30.3 Å². The number of pyridine rings is 1. The second kappa shape index (κ2) is 15.8. The molecule has 0 bridgehead atoms. The molecule has 1 aromatic heterocycles. The van der Waals surface area contributed by atoms with Crippen LogP contribution < -0.4 is 10.6 Å². The predicted molar refractivity (Wildman–Crippen MR) is 185 cm³/mol. The molecule has 3 aliphatic heterocycles. The number of carbonyl (C=O) groups excluding carboxylic acids is 1. The number of carbonyl (C=O) groups is 1. The number of anilines is 1. The lowest BCUT2D eigenvalue weighted by molar-refractivity contribution is -0.161. The van der Waals surface area contributed by atoms with Gasteiger partial charge in [0.25, 0.3) is 0 Å². The fourth-order valence-corrected chi connectivity index (χ4v) is 7.53. The molecule has 3 aliphatic rings. The van der Waals surface area contributed by atoms with Gasteiger partial charge in [-0.2, -0.15) is 0 Å². The normalized spacial score (nSPS) is 21.0. The highest BCUT2D eigenvalue weighted by atomic mass is 31.0. The summed E-state index contributed by atoms with van der Waals surface area (Å²) < 4.78 is 17.9. The van der Waals surface area contributed by atoms with Gasteiger partial charge < -0.3 is 19.5 Å². The number of aryl methyl sites for hydroxylation is 2. The number of hydrogen-bond donors (Lipinski definition) is 1. The summed E-state index contributed by atoms with van der Waals surface area (Å²) >= 11 is 0. The number of nitrogens with one attached hydrogen (secondary N) is 1. The van der Waals surface area contributed by atoms with E-state index in [0.29, 0.717) is 18.2 Å². The first-order chi connectivity index (χ1) is 21.2. The summed E-state index contributed by atoms with van der Waals surface area (Å²) in [5.74, 6) is 1.44. The van der Waals surface area contributed by atoms with Gasteiger partial charge in [0.2, 0.25) is 0 Å². The van der Waals surface area contributed by atoms with Crippen LogP contribution in [0.3, 0.4) is 0 Å². The van der Waals surface area contributed by atoms with Gasteiger partial charge in [0.15, 0.2) is 0 Å². The van der Waals surface area contributed by atoms with E-state index in [1.165, 1.54) is 24.1 Å². The maximum atomic E-state index is 13.9. The van der Waals surface area contributed by atoms with Crippen molar-refractivity contribution < 1.29 is 19.0 Å². The molecule has 0 spiro atoms. The zero-order valence-corrected chi connectivity index (χ0v) is 29.3. The van der Waals surface area contributed by atoms with E-state index in [-0.39, 0.29) is 12.1 Å². The highest BCUT2D eigenvalue weighted by molar-refractivity contribution is 7.27. The monoisotopic (exact) mass is 641 g/mol. The molecule has 0 radical (unpaired) electrons. The number of benzene rings is 1. The van der Waals surface area contributed by atoms with Crippen LogP contribution >= 0.6 is 18.5 Å². The molecule has 9 heteroatoms. The number of unbranched alkanes of at least 4 members (excludes halogenated alkanes) is 1. The summed E-state index contributed by atoms with van der Waals surface area (Å²) in [4.78, 5) is 21.1. The van der Waals surface area contributed by atoms with E-state index in [0.717, 1.165) is 100 Å². The van der Waals surface area contributed by atoms with Crippen molar-refractivity contribution in [1.82, 2.24) is 9.88 Å². The van der Waals surface area contributed by atoms with Crippen LogP contribution in [0.1, 0.15) is 94.1 Å². The molecule has 2 saturated heterocycles. The predicted octanol–water partition coefficient (Wildman–Crippen LogP) is 6.00. The fraction of sp³-hybridized carbons (Fsp3) is 0.657. The van der Waals surface area contributed by atoms with E-state index in [1.807, 2.05) is 20.8 Å². The summed E-state index contributed by atoms with van der Waals surface area (Å²) in [5.41, 5.74) is 4.57. The summed E-state index contributed by atoms with van der Waals surface area (Å²) in [6.07, 6.45) is 9.93. The van der Waals surface area contributed by atoms with Gasteiger partial charge in [-0.05, 0) is 124 Å². The smallest absolute Gasteiger partial charge is 0.328 e. The van der Waals surface area contributed by atoms with Crippen molar-refractivity contribution in [1.29, 1.82) is 0 Å². The van der Waals surface area contributed by atoms with Crippen molar-refractivity contribution in [2.45, 2.75) is 109 Å². The molecule has 242 valence electrons. The van der Waals surface area contributed by atoms with E-state index in [4.69, 9.17) is 19.2 Å². The third kappa shape index (κ3) is 9.46. The van der Waals surface area contributed by atoms with Gasteiger partial charge >= 0.3 is 5.97 Å². The third-order valence-electron chi connectivity index (χ3n) is 9.14. The minimum atomic E-state index is -0.558. The van der Waals surface area contributed by atoms with Crippen LogP contribution in [-0.2, 0) is 38.5 Å². The second-order valence-corrected chi connectivity index (χ2v) is 15.3. The van der Waals surface area contributed by atoms with Crippen LogP contribution in [0, 0.1) is 5.92 Å². The Balaban J connectivity index is 1.21. The van der Waals surface area contributed by atoms with Crippen molar-refractivity contribution in [3.8, 4) is 0 Å². The van der Waals surface area contributed by atoms with Gasteiger partial charge in [-0.1, -0.05) is 24.6 Å². The number of fused-ring (bicyclic) bond motifs is 1. The van der Waals surface area contributed by atoms with E-state index < -0.39 is 11.6 Å². The maximum Gasteiger partial charge on any atom is 0.328 e. The maximum absolute atomic E-state index is 13.9. The van der Waals surface area contributed by atoms with Crippen molar-refractivity contribution in [3.05, 3.63) is 52.7 Å². The van der Waals surface area contributed by atoms with E-state index in [9.17, 15) is 4.79 Å². The molecule has 2 aromatic rings. The molecule has 44 heavy (non-hydrogen) atoms. The van der Waals surface area contributed by atoms with Gasteiger partial charge in [-0.15, -0.1) is 18.5 Å². The van der Waals surface area contributed by atoms with Crippen LogP contribution in [0.2, 0.25) is 0 Å². The molecule has 0 saturated carbocycles. The molecule has 5 rings (SSSR count). The highest BCUT2D eigenvalue weighted by Gasteiger charge is 2.38. The van der Waals surface area contributed by atoms with Gasteiger partial charge in [-0.3, -0.25) is 4.90 Å². The molecular formula is C35H53N3O4P2. The molecule has 1 aromatic carbocycles.